The first-order valence-electron chi connectivity index (χ1n) is 8.78. The average molecular weight is 297 g/mol. The number of aliphatic hydroxyl groups is 1. The van der Waals surface area contributed by atoms with Crippen LogP contribution in [0.5, 0.6) is 0 Å². The maximum Gasteiger partial charge on any atom is 0.0793 e. The van der Waals surface area contributed by atoms with Gasteiger partial charge in [0.25, 0.3) is 0 Å². The summed E-state index contributed by atoms with van der Waals surface area (Å²) in [5.41, 5.74) is 0.426. The second-order valence-electron chi connectivity index (χ2n) is 8.00. The standard InChI is InChI=1S/C17H35N3O/c1-17(2,3)15-5-4-9-19(10-6-15)13-16(21)14-20-11-7-18-8-12-20/h15-16,18,21H,4-14H2,1-3H3. The highest BCUT2D eigenvalue weighted by molar-refractivity contribution is 4.80. The Bertz CT molecular complexity index is 297. The minimum Gasteiger partial charge on any atom is -0.390 e. The summed E-state index contributed by atoms with van der Waals surface area (Å²) in [5, 5.41) is 13.7. The molecule has 0 aromatic carbocycles. The van der Waals surface area contributed by atoms with Crippen molar-refractivity contribution in [2.75, 3.05) is 52.4 Å². The average Bonchev–Trinajstić information content (AvgIpc) is 2.65. The Balaban J connectivity index is 1.72. The van der Waals surface area contributed by atoms with E-state index in [4.69, 9.17) is 0 Å². The molecular formula is C17H35N3O. The van der Waals surface area contributed by atoms with Gasteiger partial charge >= 0.3 is 0 Å². The minimum absolute atomic E-state index is 0.200. The van der Waals surface area contributed by atoms with Gasteiger partial charge in [-0.25, -0.2) is 0 Å². The molecular weight excluding hydrogens is 262 g/mol. The molecule has 4 heteroatoms. The number of aliphatic hydroxyl groups excluding tert-OH is 1. The lowest BCUT2D eigenvalue weighted by atomic mass is 9.77. The zero-order valence-corrected chi connectivity index (χ0v) is 14.3. The molecule has 2 aliphatic rings. The number of nitrogens with one attached hydrogen (secondary N) is 1. The van der Waals surface area contributed by atoms with Gasteiger partial charge in [-0.05, 0) is 43.7 Å². The van der Waals surface area contributed by atoms with Crippen LogP contribution in [0, 0.1) is 11.3 Å². The van der Waals surface area contributed by atoms with Crippen molar-refractivity contribution in [3.05, 3.63) is 0 Å². The van der Waals surface area contributed by atoms with E-state index in [0.717, 1.165) is 58.3 Å². The van der Waals surface area contributed by atoms with Gasteiger partial charge in [0.05, 0.1) is 6.10 Å². The lowest BCUT2D eigenvalue weighted by Gasteiger charge is -2.32. The zero-order valence-electron chi connectivity index (χ0n) is 14.3. The highest BCUT2D eigenvalue weighted by atomic mass is 16.3. The lowest BCUT2D eigenvalue weighted by molar-refractivity contribution is 0.0694. The number of likely N-dealkylation sites (tertiary alicyclic amines) is 1. The van der Waals surface area contributed by atoms with E-state index in [0.29, 0.717) is 5.41 Å². The molecule has 0 aromatic heterocycles. The molecule has 2 heterocycles. The van der Waals surface area contributed by atoms with Gasteiger partial charge in [-0.2, -0.15) is 0 Å². The Morgan fingerprint density at radius 2 is 1.62 bits per heavy atom. The van der Waals surface area contributed by atoms with Crippen LogP contribution in [0.2, 0.25) is 0 Å². The quantitative estimate of drug-likeness (QED) is 0.823. The van der Waals surface area contributed by atoms with Crippen molar-refractivity contribution >= 4 is 0 Å². The molecule has 2 saturated heterocycles. The summed E-state index contributed by atoms with van der Waals surface area (Å²) in [7, 11) is 0. The van der Waals surface area contributed by atoms with Gasteiger partial charge in [0.1, 0.15) is 0 Å². The van der Waals surface area contributed by atoms with E-state index in [1.807, 2.05) is 0 Å². The molecule has 0 radical (unpaired) electrons. The molecule has 0 saturated carbocycles. The number of β-amino-alcohol motifs (C(OH)–C–C–N with tert-alkyl or cyclic N) is 1. The van der Waals surface area contributed by atoms with Crippen LogP contribution in [0.1, 0.15) is 40.0 Å². The second kappa shape index (κ2) is 7.91. The van der Waals surface area contributed by atoms with E-state index >= 15 is 0 Å². The third-order valence-corrected chi connectivity index (χ3v) is 5.19. The van der Waals surface area contributed by atoms with Crippen LogP contribution in [0.25, 0.3) is 0 Å². The Labute approximate surface area is 130 Å². The fraction of sp³-hybridized carbons (Fsp3) is 1.00. The molecule has 124 valence electrons. The topological polar surface area (TPSA) is 38.7 Å². The molecule has 0 aromatic rings. The molecule has 0 spiro atoms. The Morgan fingerprint density at radius 3 is 2.24 bits per heavy atom. The van der Waals surface area contributed by atoms with Crippen molar-refractivity contribution in [1.82, 2.24) is 15.1 Å². The van der Waals surface area contributed by atoms with E-state index in [-0.39, 0.29) is 6.10 Å². The molecule has 0 aliphatic carbocycles. The van der Waals surface area contributed by atoms with E-state index in [1.165, 1.54) is 19.3 Å². The van der Waals surface area contributed by atoms with Crippen LogP contribution >= 0.6 is 0 Å². The molecule has 2 rings (SSSR count). The zero-order chi connectivity index (χ0) is 15.3. The fourth-order valence-corrected chi connectivity index (χ4v) is 3.75. The number of hydrogen-bond donors (Lipinski definition) is 2. The fourth-order valence-electron chi connectivity index (χ4n) is 3.75. The second-order valence-corrected chi connectivity index (χ2v) is 8.00. The lowest BCUT2D eigenvalue weighted by Crippen LogP contribution is -2.48. The van der Waals surface area contributed by atoms with Crippen molar-refractivity contribution in [2.45, 2.75) is 46.1 Å². The van der Waals surface area contributed by atoms with Gasteiger partial charge in [0, 0.05) is 39.3 Å². The maximum atomic E-state index is 10.4. The number of nitrogens with zero attached hydrogens (tertiary/aromatic N) is 2. The van der Waals surface area contributed by atoms with Crippen LogP contribution in [0.3, 0.4) is 0 Å². The summed E-state index contributed by atoms with van der Waals surface area (Å²) >= 11 is 0. The highest BCUT2D eigenvalue weighted by Crippen LogP contribution is 2.34. The molecule has 4 nitrogen and oxygen atoms in total. The minimum atomic E-state index is -0.200. The Kier molecular flexibility index (Phi) is 6.48. The van der Waals surface area contributed by atoms with Crippen LogP contribution in [0.4, 0.5) is 0 Å². The molecule has 2 aliphatic heterocycles. The molecule has 2 N–H and O–H groups in total. The Morgan fingerprint density at radius 1 is 1.00 bits per heavy atom. The summed E-state index contributed by atoms with van der Waals surface area (Å²) in [6.45, 7) is 15.4. The molecule has 2 fully saturated rings. The first-order valence-corrected chi connectivity index (χ1v) is 8.78. The number of rotatable bonds is 4. The molecule has 0 amide bonds. The van der Waals surface area contributed by atoms with Gasteiger partial charge < -0.3 is 15.3 Å². The van der Waals surface area contributed by atoms with Crippen LogP contribution in [0.15, 0.2) is 0 Å². The van der Waals surface area contributed by atoms with Crippen molar-refractivity contribution in [1.29, 1.82) is 0 Å². The predicted molar refractivity (Wildman–Crippen MR) is 88.6 cm³/mol. The monoisotopic (exact) mass is 297 g/mol. The van der Waals surface area contributed by atoms with Gasteiger partial charge in [0.15, 0.2) is 0 Å². The van der Waals surface area contributed by atoms with Gasteiger partial charge in [-0.15, -0.1) is 0 Å². The van der Waals surface area contributed by atoms with Gasteiger partial charge in [-0.3, -0.25) is 4.90 Å². The molecule has 2 unspecified atom stereocenters. The van der Waals surface area contributed by atoms with E-state index in [9.17, 15) is 5.11 Å². The van der Waals surface area contributed by atoms with Crippen molar-refractivity contribution in [2.24, 2.45) is 11.3 Å². The van der Waals surface area contributed by atoms with Crippen molar-refractivity contribution < 1.29 is 5.11 Å². The molecule has 0 bridgehead atoms. The summed E-state index contributed by atoms with van der Waals surface area (Å²) < 4.78 is 0. The highest BCUT2D eigenvalue weighted by Gasteiger charge is 2.27. The predicted octanol–water partition coefficient (Wildman–Crippen LogP) is 1.40. The molecule has 2 atom stereocenters. The number of hydrogen-bond acceptors (Lipinski definition) is 4. The largest absolute Gasteiger partial charge is 0.390 e. The van der Waals surface area contributed by atoms with E-state index < -0.39 is 0 Å². The van der Waals surface area contributed by atoms with Crippen LogP contribution in [-0.2, 0) is 0 Å². The van der Waals surface area contributed by atoms with Crippen molar-refractivity contribution in [3.63, 3.8) is 0 Å². The van der Waals surface area contributed by atoms with E-state index in [1.54, 1.807) is 0 Å². The summed E-state index contributed by atoms with van der Waals surface area (Å²) in [4.78, 5) is 4.87. The first-order chi connectivity index (χ1) is 9.95. The van der Waals surface area contributed by atoms with Crippen LogP contribution < -0.4 is 5.32 Å². The Hall–Kier alpha value is -0.160. The first kappa shape index (κ1) is 17.2. The van der Waals surface area contributed by atoms with E-state index in [2.05, 4.69) is 35.9 Å². The summed E-state index contributed by atoms with van der Waals surface area (Å²) in [6, 6.07) is 0. The third kappa shape index (κ3) is 5.85. The maximum absolute atomic E-state index is 10.4. The smallest absolute Gasteiger partial charge is 0.0793 e. The third-order valence-electron chi connectivity index (χ3n) is 5.19. The van der Waals surface area contributed by atoms with Crippen LogP contribution in [-0.4, -0.2) is 73.4 Å². The van der Waals surface area contributed by atoms with Gasteiger partial charge in [0.2, 0.25) is 0 Å². The molecule has 21 heavy (non-hydrogen) atoms. The summed E-state index contributed by atoms with van der Waals surface area (Å²) in [5.74, 6) is 0.827. The SMILES string of the molecule is CC(C)(C)C1CCCN(CC(O)CN2CCNCC2)CC1. The number of piperazine rings is 1. The van der Waals surface area contributed by atoms with Crippen molar-refractivity contribution in [3.8, 4) is 0 Å². The summed E-state index contributed by atoms with van der Waals surface area (Å²) in [6.07, 6.45) is 3.70. The van der Waals surface area contributed by atoms with Gasteiger partial charge in [-0.1, -0.05) is 20.8 Å². The normalized spacial score (nSPS) is 28.3.